The highest BCUT2D eigenvalue weighted by Gasteiger charge is 2.14. The van der Waals surface area contributed by atoms with Crippen molar-refractivity contribution in [3.05, 3.63) is 64.1 Å². The van der Waals surface area contributed by atoms with Gasteiger partial charge in [0.1, 0.15) is 17.1 Å². The third-order valence-corrected chi connectivity index (χ3v) is 6.58. The Morgan fingerprint density at radius 1 is 1.26 bits per heavy atom. The van der Waals surface area contributed by atoms with Crippen molar-refractivity contribution in [1.29, 1.82) is 0 Å². The third kappa shape index (κ3) is 3.73. The average Bonchev–Trinajstić information content (AvgIpc) is 2.85. The zero-order valence-electron chi connectivity index (χ0n) is 11.3. The van der Waals surface area contributed by atoms with Crippen LogP contribution in [0.2, 0.25) is 0 Å². The molecular formula is C14H7Br3N2O3S. The number of nitrogens with zero attached hydrogens (tertiary/aromatic N) is 2. The molecule has 0 aliphatic rings. The maximum Gasteiger partial charge on any atom is 0.348 e. The molecule has 0 bridgehead atoms. The highest BCUT2D eigenvalue weighted by Crippen LogP contribution is 2.32. The maximum absolute atomic E-state index is 12.1. The number of fused-ring (bicyclic) bond motifs is 1. The Bertz CT molecular complexity index is 948. The molecule has 9 heteroatoms. The van der Waals surface area contributed by atoms with Crippen LogP contribution in [0, 0.1) is 0 Å². The summed E-state index contributed by atoms with van der Waals surface area (Å²) < 4.78 is 9.03. The van der Waals surface area contributed by atoms with Crippen LogP contribution in [-0.2, 0) is 11.3 Å². The molecule has 0 aliphatic carbocycles. The van der Waals surface area contributed by atoms with Crippen molar-refractivity contribution >= 4 is 70.7 Å². The molecule has 0 atom stereocenters. The van der Waals surface area contributed by atoms with Gasteiger partial charge in [-0.3, -0.25) is 9.20 Å². The Balaban J connectivity index is 1.80. The van der Waals surface area contributed by atoms with E-state index in [4.69, 9.17) is 4.74 Å². The van der Waals surface area contributed by atoms with Crippen LogP contribution in [0.4, 0.5) is 0 Å². The average molecular weight is 523 g/mol. The highest BCUT2D eigenvalue weighted by molar-refractivity contribution is 9.13. The summed E-state index contributed by atoms with van der Waals surface area (Å²) in [6, 6.07) is 6.53. The fourth-order valence-corrected chi connectivity index (χ4v) is 4.12. The van der Waals surface area contributed by atoms with Gasteiger partial charge in [0, 0.05) is 21.2 Å². The molecule has 118 valence electrons. The lowest BCUT2D eigenvalue weighted by Gasteiger charge is -2.05. The van der Waals surface area contributed by atoms with E-state index in [1.54, 1.807) is 24.4 Å². The predicted octanol–water partition coefficient (Wildman–Crippen LogP) is 4.40. The van der Waals surface area contributed by atoms with Gasteiger partial charge >= 0.3 is 5.97 Å². The highest BCUT2D eigenvalue weighted by atomic mass is 79.9. The quantitative estimate of drug-likeness (QED) is 0.478. The monoisotopic (exact) mass is 520 g/mol. The van der Waals surface area contributed by atoms with E-state index in [0.29, 0.717) is 16.2 Å². The number of hydrogen-bond acceptors (Lipinski definition) is 5. The molecule has 3 rings (SSSR count). The van der Waals surface area contributed by atoms with Gasteiger partial charge in [-0.15, -0.1) is 11.3 Å². The summed E-state index contributed by atoms with van der Waals surface area (Å²) in [6.45, 7) is -0.0617. The number of carbonyl (C=O) groups is 1. The first-order chi connectivity index (χ1) is 10.9. The molecule has 3 heterocycles. The van der Waals surface area contributed by atoms with Crippen molar-refractivity contribution in [2.24, 2.45) is 0 Å². The van der Waals surface area contributed by atoms with Gasteiger partial charge in [0.05, 0.1) is 9.48 Å². The van der Waals surface area contributed by atoms with Gasteiger partial charge < -0.3 is 4.74 Å². The minimum atomic E-state index is -0.459. The largest absolute Gasteiger partial charge is 0.455 e. The minimum absolute atomic E-state index is 0.0617. The van der Waals surface area contributed by atoms with Gasteiger partial charge in [-0.2, -0.15) is 0 Å². The molecule has 0 saturated carbocycles. The lowest BCUT2D eigenvalue weighted by molar-refractivity contribution is 0.0473. The fourth-order valence-electron chi connectivity index (χ4n) is 1.86. The number of aromatic nitrogens is 2. The third-order valence-electron chi connectivity index (χ3n) is 2.87. The van der Waals surface area contributed by atoms with E-state index in [0.717, 1.165) is 12.7 Å². The summed E-state index contributed by atoms with van der Waals surface area (Å²) in [5.41, 5.74) is 0.665. The number of rotatable bonds is 3. The van der Waals surface area contributed by atoms with Gasteiger partial charge in [-0.05, 0) is 66.0 Å². The fraction of sp³-hybridized carbons (Fsp3) is 0.0714. The normalized spacial score (nSPS) is 10.9. The SMILES string of the molecule is O=C(OCc1cc(=O)n2cc(Br)ccc2n1)c1cc(Br)c(Br)s1. The topological polar surface area (TPSA) is 60.7 Å². The lowest BCUT2D eigenvalue weighted by Crippen LogP contribution is -2.16. The first kappa shape index (κ1) is 16.8. The van der Waals surface area contributed by atoms with Crippen molar-refractivity contribution in [3.63, 3.8) is 0 Å². The van der Waals surface area contributed by atoms with Crippen LogP contribution in [-0.4, -0.2) is 15.4 Å². The Morgan fingerprint density at radius 2 is 2.04 bits per heavy atom. The molecule has 0 fully saturated rings. The molecule has 0 radical (unpaired) electrons. The van der Waals surface area contributed by atoms with Crippen LogP contribution in [0.25, 0.3) is 5.65 Å². The summed E-state index contributed by atoms with van der Waals surface area (Å²) >= 11 is 11.2. The first-order valence-electron chi connectivity index (χ1n) is 6.24. The molecule has 5 nitrogen and oxygen atoms in total. The number of thiophene rings is 1. The van der Waals surface area contributed by atoms with E-state index < -0.39 is 5.97 Å². The molecule has 0 unspecified atom stereocenters. The van der Waals surface area contributed by atoms with Gasteiger partial charge in [0.15, 0.2) is 0 Å². The molecule has 0 saturated heterocycles. The van der Waals surface area contributed by atoms with Crippen molar-refractivity contribution in [3.8, 4) is 0 Å². The van der Waals surface area contributed by atoms with Crippen LogP contribution in [0.15, 0.2) is 48.0 Å². The van der Waals surface area contributed by atoms with Crippen molar-refractivity contribution in [2.75, 3.05) is 0 Å². The molecule has 0 amide bonds. The molecule has 3 aromatic rings. The second-order valence-electron chi connectivity index (χ2n) is 4.47. The summed E-state index contributed by atoms with van der Waals surface area (Å²) in [7, 11) is 0. The second kappa shape index (κ2) is 6.84. The number of halogens is 3. The van der Waals surface area contributed by atoms with Crippen LogP contribution in [0.3, 0.4) is 0 Å². The Morgan fingerprint density at radius 3 is 2.74 bits per heavy atom. The van der Waals surface area contributed by atoms with E-state index in [9.17, 15) is 9.59 Å². The second-order valence-corrected chi connectivity index (χ2v) is 8.61. The summed E-state index contributed by atoms with van der Waals surface area (Å²) in [6.07, 6.45) is 1.64. The maximum atomic E-state index is 12.1. The smallest absolute Gasteiger partial charge is 0.348 e. The number of pyridine rings is 1. The van der Waals surface area contributed by atoms with E-state index in [2.05, 4.69) is 52.8 Å². The minimum Gasteiger partial charge on any atom is -0.455 e. The summed E-state index contributed by atoms with van der Waals surface area (Å²) in [4.78, 5) is 28.9. The molecule has 0 spiro atoms. The van der Waals surface area contributed by atoms with Crippen molar-refractivity contribution < 1.29 is 9.53 Å². The number of hydrogen-bond donors (Lipinski definition) is 0. The van der Waals surface area contributed by atoms with E-state index in [1.165, 1.54) is 21.8 Å². The zero-order chi connectivity index (χ0) is 16.6. The van der Waals surface area contributed by atoms with Gasteiger partial charge in [0.2, 0.25) is 0 Å². The number of esters is 1. The van der Waals surface area contributed by atoms with E-state index in [1.807, 2.05) is 0 Å². The summed E-state index contributed by atoms with van der Waals surface area (Å²) in [5, 5.41) is 0. The predicted molar refractivity (Wildman–Crippen MR) is 98.0 cm³/mol. The van der Waals surface area contributed by atoms with Gasteiger partial charge in [-0.25, -0.2) is 9.78 Å². The number of ether oxygens (including phenoxy) is 1. The van der Waals surface area contributed by atoms with E-state index >= 15 is 0 Å². The van der Waals surface area contributed by atoms with Gasteiger partial charge in [-0.1, -0.05) is 0 Å². The van der Waals surface area contributed by atoms with E-state index in [-0.39, 0.29) is 12.2 Å². The van der Waals surface area contributed by atoms with Gasteiger partial charge in [0.25, 0.3) is 5.56 Å². The molecule has 3 aromatic heterocycles. The molecule has 23 heavy (non-hydrogen) atoms. The Labute approximate surface area is 159 Å². The standard InChI is InChI=1S/C14H7Br3N2O3S/c15-7-1-2-11-18-8(3-12(20)19(11)5-7)6-22-14(21)10-4-9(16)13(17)23-10/h1-5H,6H2. The Kier molecular flexibility index (Phi) is 5.00. The lowest BCUT2D eigenvalue weighted by atomic mass is 10.4. The number of carbonyl (C=O) groups excluding carboxylic acids is 1. The van der Waals surface area contributed by atoms with Crippen LogP contribution in [0.1, 0.15) is 15.4 Å². The molecular weight excluding hydrogens is 516 g/mol. The molecule has 0 aromatic carbocycles. The molecule has 0 N–H and O–H groups in total. The molecule has 0 aliphatic heterocycles. The van der Waals surface area contributed by atoms with Crippen LogP contribution in [0.5, 0.6) is 0 Å². The zero-order valence-corrected chi connectivity index (χ0v) is 16.8. The van der Waals surface area contributed by atoms with Crippen molar-refractivity contribution in [1.82, 2.24) is 9.38 Å². The first-order valence-corrected chi connectivity index (χ1v) is 9.43. The summed E-state index contributed by atoms with van der Waals surface area (Å²) in [5.74, 6) is -0.459. The van der Waals surface area contributed by atoms with Crippen molar-refractivity contribution in [2.45, 2.75) is 6.61 Å². The Hall–Kier alpha value is -1.03. The van der Waals surface area contributed by atoms with Crippen LogP contribution < -0.4 is 5.56 Å². The van der Waals surface area contributed by atoms with Crippen LogP contribution >= 0.6 is 59.1 Å².